The number of carbonyl (C=O) groups is 1. The number of hydrogen-bond donors (Lipinski definition) is 2. The van der Waals surface area contributed by atoms with E-state index in [1.54, 1.807) is 19.1 Å². The summed E-state index contributed by atoms with van der Waals surface area (Å²) in [6.07, 6.45) is 0.203. The third-order valence-corrected chi connectivity index (χ3v) is 6.02. The van der Waals surface area contributed by atoms with E-state index in [1.165, 1.54) is 46.2 Å². The number of nitrogens with zero attached hydrogens (tertiary/aromatic N) is 7. The summed E-state index contributed by atoms with van der Waals surface area (Å²) in [5.41, 5.74) is 0.365. The van der Waals surface area contributed by atoms with Crippen LogP contribution >= 0.6 is 11.3 Å². The van der Waals surface area contributed by atoms with Gasteiger partial charge in [-0.25, -0.2) is 9.67 Å². The summed E-state index contributed by atoms with van der Waals surface area (Å²) in [7, 11) is 0. The Kier molecular flexibility index (Phi) is 5.33. The number of nitriles is 1. The van der Waals surface area contributed by atoms with Crippen LogP contribution in [0.15, 0.2) is 59.6 Å². The van der Waals surface area contributed by atoms with Crippen molar-refractivity contribution in [3.05, 3.63) is 70.9 Å². The molecule has 35 heavy (non-hydrogen) atoms. The molecular formula is C21H14F3N9OS. The lowest BCUT2D eigenvalue weighted by Gasteiger charge is -2.25. The minimum atomic E-state index is -4.89. The van der Waals surface area contributed by atoms with Gasteiger partial charge >= 0.3 is 6.18 Å². The van der Waals surface area contributed by atoms with Gasteiger partial charge in [0.25, 0.3) is 5.91 Å². The molecule has 5 rings (SSSR count). The van der Waals surface area contributed by atoms with Gasteiger partial charge in [-0.05, 0) is 25.1 Å². The van der Waals surface area contributed by atoms with Gasteiger partial charge in [-0.15, -0.1) is 16.1 Å². The van der Waals surface area contributed by atoms with Crippen molar-refractivity contribution in [3.8, 4) is 11.8 Å². The van der Waals surface area contributed by atoms with Gasteiger partial charge in [-0.1, -0.05) is 6.07 Å². The molecule has 4 aromatic rings. The fourth-order valence-corrected chi connectivity index (χ4v) is 4.34. The molecule has 1 aliphatic rings. The van der Waals surface area contributed by atoms with Gasteiger partial charge in [0.1, 0.15) is 11.6 Å². The van der Waals surface area contributed by atoms with E-state index in [9.17, 15) is 23.2 Å². The van der Waals surface area contributed by atoms with Gasteiger partial charge in [-0.3, -0.25) is 4.79 Å². The van der Waals surface area contributed by atoms with E-state index in [0.29, 0.717) is 14.9 Å². The number of benzene rings is 1. The van der Waals surface area contributed by atoms with E-state index in [-0.39, 0.29) is 22.8 Å². The number of nitrogens with one attached hydrogen (secondary N) is 2. The van der Waals surface area contributed by atoms with Crippen LogP contribution in [0.2, 0.25) is 0 Å². The number of fused-ring (bicyclic) bond motifs is 1. The Bertz CT molecular complexity index is 1540. The first-order chi connectivity index (χ1) is 16.8. The van der Waals surface area contributed by atoms with E-state index in [1.807, 2.05) is 6.07 Å². The van der Waals surface area contributed by atoms with E-state index in [0.717, 1.165) is 6.20 Å². The number of rotatable bonds is 4. The molecule has 0 radical (unpaired) electrons. The lowest BCUT2D eigenvalue weighted by Crippen LogP contribution is -2.40. The number of halogens is 3. The standard InChI is InChI=1S/C21H14F3N9OS/c1-11-14(7-12(8-25)19(30-11)33-27-5-6-28-33)31-20(34)13-9-29-32(18(13)21(22,23)24)15-3-2-4-16-17(15)26-10-35-16/h2-7,9-11,30H,1H3,(H,31,34). The van der Waals surface area contributed by atoms with Crippen molar-refractivity contribution < 1.29 is 18.0 Å². The molecule has 176 valence electrons. The molecule has 0 saturated carbocycles. The van der Waals surface area contributed by atoms with Crippen molar-refractivity contribution in [1.82, 2.24) is 40.4 Å². The summed E-state index contributed by atoms with van der Waals surface area (Å²) < 4.78 is 43.8. The number of aromatic nitrogens is 6. The van der Waals surface area contributed by atoms with Crippen molar-refractivity contribution in [2.45, 2.75) is 19.1 Å². The Balaban J connectivity index is 1.53. The second kappa shape index (κ2) is 8.37. The second-order valence-corrected chi connectivity index (χ2v) is 8.29. The van der Waals surface area contributed by atoms with Crippen LogP contribution in [0.1, 0.15) is 23.0 Å². The zero-order chi connectivity index (χ0) is 24.7. The highest BCUT2D eigenvalue weighted by Crippen LogP contribution is 2.35. The number of thiazole rings is 1. The molecule has 1 unspecified atom stereocenters. The summed E-state index contributed by atoms with van der Waals surface area (Å²) in [4.78, 5) is 18.4. The Labute approximate surface area is 199 Å². The molecule has 1 amide bonds. The Morgan fingerprint density at radius 1 is 1.26 bits per heavy atom. The third-order valence-electron chi connectivity index (χ3n) is 5.22. The highest BCUT2D eigenvalue weighted by molar-refractivity contribution is 7.16. The summed E-state index contributed by atoms with van der Waals surface area (Å²) in [6.45, 7) is 1.67. The average molecular weight is 497 g/mol. The first kappa shape index (κ1) is 22.3. The molecule has 0 fully saturated rings. The van der Waals surface area contributed by atoms with E-state index in [4.69, 9.17) is 0 Å². The molecule has 2 N–H and O–H groups in total. The van der Waals surface area contributed by atoms with Crippen LogP contribution in [0.3, 0.4) is 0 Å². The Hall–Kier alpha value is -4.51. The lowest BCUT2D eigenvalue weighted by atomic mass is 10.1. The Morgan fingerprint density at radius 2 is 2.03 bits per heavy atom. The van der Waals surface area contributed by atoms with Crippen LogP contribution in [0.25, 0.3) is 21.7 Å². The molecular weight excluding hydrogens is 483 g/mol. The van der Waals surface area contributed by atoms with Crippen LogP contribution in [-0.2, 0) is 6.18 Å². The monoisotopic (exact) mass is 497 g/mol. The first-order valence-electron chi connectivity index (χ1n) is 10.1. The number of carbonyl (C=O) groups excluding carboxylic acids is 1. The first-order valence-corrected chi connectivity index (χ1v) is 10.9. The smallest absolute Gasteiger partial charge is 0.359 e. The predicted molar refractivity (Wildman–Crippen MR) is 119 cm³/mol. The molecule has 1 aromatic carbocycles. The van der Waals surface area contributed by atoms with Gasteiger partial charge in [0.05, 0.1) is 51.7 Å². The highest BCUT2D eigenvalue weighted by atomic mass is 32.1. The quantitative estimate of drug-likeness (QED) is 0.444. The number of hydrogen-bond acceptors (Lipinski definition) is 8. The lowest BCUT2D eigenvalue weighted by molar-refractivity contribution is -0.143. The third kappa shape index (κ3) is 3.91. The van der Waals surface area contributed by atoms with Crippen LogP contribution in [0.5, 0.6) is 0 Å². The zero-order valence-electron chi connectivity index (χ0n) is 17.8. The van der Waals surface area contributed by atoms with Crippen molar-refractivity contribution in [2.75, 3.05) is 0 Å². The minimum absolute atomic E-state index is 0.0940. The molecule has 0 saturated heterocycles. The molecule has 3 aromatic heterocycles. The summed E-state index contributed by atoms with van der Waals surface area (Å²) in [6, 6.07) is 6.19. The summed E-state index contributed by atoms with van der Waals surface area (Å²) in [5, 5.41) is 26.8. The van der Waals surface area contributed by atoms with Gasteiger partial charge < -0.3 is 10.6 Å². The molecule has 0 spiro atoms. The molecule has 14 heteroatoms. The number of para-hydroxylation sites is 1. The van der Waals surface area contributed by atoms with Gasteiger partial charge in [0, 0.05) is 5.70 Å². The Morgan fingerprint density at radius 3 is 2.74 bits per heavy atom. The van der Waals surface area contributed by atoms with Gasteiger partial charge in [0.15, 0.2) is 11.5 Å². The van der Waals surface area contributed by atoms with Crippen LogP contribution < -0.4 is 10.6 Å². The maximum Gasteiger partial charge on any atom is 0.434 e. The molecule has 0 bridgehead atoms. The van der Waals surface area contributed by atoms with E-state index >= 15 is 0 Å². The van der Waals surface area contributed by atoms with Crippen molar-refractivity contribution in [1.29, 1.82) is 5.26 Å². The maximum atomic E-state index is 14.1. The van der Waals surface area contributed by atoms with Gasteiger partial charge in [0.2, 0.25) is 0 Å². The molecule has 1 aliphatic heterocycles. The molecule has 4 heterocycles. The second-order valence-electron chi connectivity index (χ2n) is 7.41. The number of alkyl halides is 3. The largest absolute Gasteiger partial charge is 0.434 e. The number of amides is 1. The van der Waals surface area contributed by atoms with Crippen LogP contribution in [0.4, 0.5) is 13.2 Å². The summed E-state index contributed by atoms with van der Waals surface area (Å²) in [5.74, 6) is -0.741. The molecule has 0 aliphatic carbocycles. The molecule has 10 nitrogen and oxygen atoms in total. The maximum absolute atomic E-state index is 14.1. The minimum Gasteiger partial charge on any atom is -0.359 e. The average Bonchev–Trinajstić information content (AvgIpc) is 3.59. The van der Waals surface area contributed by atoms with Crippen molar-refractivity contribution in [3.63, 3.8) is 0 Å². The van der Waals surface area contributed by atoms with E-state index in [2.05, 4.69) is 30.9 Å². The zero-order valence-corrected chi connectivity index (χ0v) is 18.6. The van der Waals surface area contributed by atoms with Crippen molar-refractivity contribution >= 4 is 33.3 Å². The summed E-state index contributed by atoms with van der Waals surface area (Å²) >= 11 is 1.28. The topological polar surface area (TPSA) is 126 Å². The van der Waals surface area contributed by atoms with Gasteiger partial charge in [-0.2, -0.15) is 33.7 Å². The predicted octanol–water partition coefficient (Wildman–Crippen LogP) is 3.09. The SMILES string of the molecule is CC1NC(n2nccn2)=C(C#N)C=C1NC(=O)c1cnn(-c2cccc3scnc23)c1C(F)(F)F. The number of allylic oxidation sites excluding steroid dienone is 2. The molecule has 1 atom stereocenters. The van der Waals surface area contributed by atoms with Crippen LogP contribution in [-0.4, -0.2) is 41.7 Å². The fourth-order valence-electron chi connectivity index (χ4n) is 3.65. The normalized spacial score (nSPS) is 16.1. The van der Waals surface area contributed by atoms with Crippen LogP contribution in [0, 0.1) is 11.3 Å². The number of dihydropyridines is 1. The van der Waals surface area contributed by atoms with Crippen molar-refractivity contribution in [2.24, 2.45) is 0 Å². The van der Waals surface area contributed by atoms with E-state index < -0.39 is 29.4 Å². The fraction of sp³-hybridized carbons (Fsp3) is 0.143. The highest BCUT2D eigenvalue weighted by Gasteiger charge is 2.41.